The normalized spacial score (nSPS) is 10.1. The van der Waals surface area contributed by atoms with Gasteiger partial charge in [-0.25, -0.2) is 9.97 Å². The average Bonchev–Trinajstić information content (AvgIpc) is 2.38. The van der Waals surface area contributed by atoms with Gasteiger partial charge in [0, 0.05) is 6.07 Å². The Bertz CT molecular complexity index is 582. The lowest BCUT2D eigenvalue weighted by molar-refractivity contribution is 0.327. The van der Waals surface area contributed by atoms with Crippen LogP contribution in [-0.4, -0.2) is 21.6 Å². The third kappa shape index (κ3) is 2.86. The van der Waals surface area contributed by atoms with Crippen molar-refractivity contribution in [3.8, 4) is 5.88 Å². The van der Waals surface area contributed by atoms with Gasteiger partial charge in [-0.1, -0.05) is 0 Å². The van der Waals surface area contributed by atoms with E-state index in [0.29, 0.717) is 22.8 Å². The number of H-pyrrole nitrogens is 1. The Morgan fingerprint density at radius 1 is 1.44 bits per heavy atom. The average molecular weight is 311 g/mol. The Labute approximate surface area is 112 Å². The van der Waals surface area contributed by atoms with Gasteiger partial charge in [0.1, 0.15) is 4.47 Å². The summed E-state index contributed by atoms with van der Waals surface area (Å²) in [6.45, 7) is 2.46. The van der Waals surface area contributed by atoms with Crippen LogP contribution in [0.2, 0.25) is 0 Å². The number of anilines is 2. The number of ether oxygens (including phenoxy) is 1. The molecule has 7 heteroatoms. The van der Waals surface area contributed by atoms with Crippen LogP contribution in [-0.2, 0) is 0 Å². The predicted octanol–water partition coefficient (Wildman–Crippen LogP) is 2.07. The highest BCUT2D eigenvalue weighted by Crippen LogP contribution is 2.20. The molecule has 0 unspecified atom stereocenters. The number of rotatable bonds is 4. The van der Waals surface area contributed by atoms with Crippen LogP contribution in [0.5, 0.6) is 5.88 Å². The number of pyridine rings is 1. The molecule has 18 heavy (non-hydrogen) atoms. The second-order valence-electron chi connectivity index (χ2n) is 3.34. The van der Waals surface area contributed by atoms with Gasteiger partial charge in [0.05, 0.1) is 24.8 Å². The van der Waals surface area contributed by atoms with Crippen LogP contribution in [0.1, 0.15) is 6.92 Å². The smallest absolute Gasteiger partial charge is 0.267 e. The van der Waals surface area contributed by atoms with Crippen molar-refractivity contribution in [2.24, 2.45) is 0 Å². The van der Waals surface area contributed by atoms with Gasteiger partial charge in [0.15, 0.2) is 5.82 Å². The summed E-state index contributed by atoms with van der Waals surface area (Å²) in [5.74, 6) is 0.991. The molecule has 2 N–H and O–H groups in total. The predicted molar refractivity (Wildman–Crippen MR) is 71.2 cm³/mol. The molecule has 0 fully saturated rings. The van der Waals surface area contributed by atoms with Gasteiger partial charge >= 0.3 is 0 Å². The number of aromatic nitrogens is 3. The van der Waals surface area contributed by atoms with E-state index in [1.807, 2.05) is 6.92 Å². The molecule has 2 heterocycles. The van der Waals surface area contributed by atoms with Crippen molar-refractivity contribution >= 4 is 27.4 Å². The van der Waals surface area contributed by atoms with Crippen LogP contribution in [0.25, 0.3) is 0 Å². The lowest BCUT2D eigenvalue weighted by Crippen LogP contribution is -2.10. The molecule has 2 aromatic heterocycles. The van der Waals surface area contributed by atoms with E-state index >= 15 is 0 Å². The molecule has 0 bridgehead atoms. The van der Waals surface area contributed by atoms with Gasteiger partial charge in [-0.15, -0.1) is 0 Å². The van der Waals surface area contributed by atoms with E-state index in [4.69, 9.17) is 4.74 Å². The van der Waals surface area contributed by atoms with Crippen LogP contribution < -0.4 is 15.6 Å². The minimum Gasteiger partial charge on any atom is -0.478 e. The van der Waals surface area contributed by atoms with Crippen LogP contribution in [0.15, 0.2) is 33.9 Å². The molecule has 0 atom stereocenters. The Morgan fingerprint density at radius 3 is 2.94 bits per heavy atom. The van der Waals surface area contributed by atoms with Crippen molar-refractivity contribution in [1.29, 1.82) is 0 Å². The van der Waals surface area contributed by atoms with Crippen molar-refractivity contribution < 1.29 is 4.74 Å². The number of aromatic amines is 1. The summed E-state index contributed by atoms with van der Waals surface area (Å²) in [7, 11) is 0. The Balaban J connectivity index is 2.18. The molecule has 0 radical (unpaired) electrons. The molecule has 0 aliphatic heterocycles. The molecule has 0 aliphatic carbocycles. The first kappa shape index (κ1) is 12.6. The van der Waals surface area contributed by atoms with Crippen LogP contribution in [0, 0.1) is 0 Å². The van der Waals surface area contributed by atoms with E-state index in [2.05, 4.69) is 36.2 Å². The summed E-state index contributed by atoms with van der Waals surface area (Å²) in [6.07, 6.45) is 2.94. The van der Waals surface area contributed by atoms with E-state index in [9.17, 15) is 4.79 Å². The molecule has 0 aromatic carbocycles. The molecular formula is C11H11BrN4O2. The van der Waals surface area contributed by atoms with E-state index < -0.39 is 0 Å². The van der Waals surface area contributed by atoms with E-state index in [0.717, 1.165) is 5.69 Å². The van der Waals surface area contributed by atoms with Crippen molar-refractivity contribution in [3.05, 3.63) is 39.5 Å². The minimum absolute atomic E-state index is 0.244. The van der Waals surface area contributed by atoms with Crippen LogP contribution in [0.3, 0.4) is 0 Å². The fourth-order valence-corrected chi connectivity index (χ4v) is 1.61. The SMILES string of the molecule is CCOc1ccc(Nc2nc[nH]c(=O)c2Br)cn1. The summed E-state index contributed by atoms with van der Waals surface area (Å²) < 4.78 is 5.58. The topological polar surface area (TPSA) is 79.9 Å². The lowest BCUT2D eigenvalue weighted by Gasteiger charge is -2.07. The fraction of sp³-hybridized carbons (Fsp3) is 0.182. The fourth-order valence-electron chi connectivity index (χ4n) is 1.29. The first-order chi connectivity index (χ1) is 8.70. The van der Waals surface area contributed by atoms with Gasteiger partial charge in [-0.05, 0) is 28.9 Å². The molecular weight excluding hydrogens is 300 g/mol. The first-order valence-electron chi connectivity index (χ1n) is 5.29. The van der Waals surface area contributed by atoms with Gasteiger partial charge in [-0.2, -0.15) is 0 Å². The lowest BCUT2D eigenvalue weighted by atomic mass is 10.4. The highest BCUT2D eigenvalue weighted by molar-refractivity contribution is 9.10. The quantitative estimate of drug-likeness (QED) is 0.903. The van der Waals surface area contributed by atoms with Crippen LogP contribution in [0.4, 0.5) is 11.5 Å². The van der Waals surface area contributed by atoms with Gasteiger partial charge in [-0.3, -0.25) is 4.79 Å². The monoisotopic (exact) mass is 310 g/mol. The number of hydrogen-bond acceptors (Lipinski definition) is 5. The van der Waals surface area contributed by atoms with Crippen LogP contribution >= 0.6 is 15.9 Å². The van der Waals surface area contributed by atoms with Crippen molar-refractivity contribution in [2.45, 2.75) is 6.92 Å². The maximum absolute atomic E-state index is 11.4. The van der Waals surface area contributed by atoms with Gasteiger partial charge in [0.25, 0.3) is 5.56 Å². The third-order valence-corrected chi connectivity index (χ3v) is 2.82. The molecule has 0 aliphatic rings. The summed E-state index contributed by atoms with van der Waals surface area (Å²) >= 11 is 3.16. The Hall–Kier alpha value is -1.89. The molecule has 94 valence electrons. The number of hydrogen-bond donors (Lipinski definition) is 2. The molecule has 0 saturated carbocycles. The molecule has 0 amide bonds. The van der Waals surface area contributed by atoms with E-state index in [1.54, 1.807) is 18.3 Å². The zero-order valence-corrected chi connectivity index (χ0v) is 11.2. The van der Waals surface area contributed by atoms with Crippen molar-refractivity contribution in [1.82, 2.24) is 15.0 Å². The zero-order valence-electron chi connectivity index (χ0n) is 9.61. The third-order valence-electron chi connectivity index (χ3n) is 2.09. The highest BCUT2D eigenvalue weighted by Gasteiger charge is 2.05. The highest BCUT2D eigenvalue weighted by atomic mass is 79.9. The van der Waals surface area contributed by atoms with Gasteiger partial charge in [0.2, 0.25) is 5.88 Å². The molecule has 6 nitrogen and oxygen atoms in total. The molecule has 2 aromatic rings. The number of nitrogens with one attached hydrogen (secondary N) is 2. The summed E-state index contributed by atoms with van der Waals surface area (Å²) in [5, 5.41) is 2.99. The second kappa shape index (κ2) is 5.63. The zero-order chi connectivity index (χ0) is 13.0. The van der Waals surface area contributed by atoms with Gasteiger partial charge < -0.3 is 15.0 Å². The van der Waals surface area contributed by atoms with Crippen molar-refractivity contribution in [2.75, 3.05) is 11.9 Å². The Kier molecular flexibility index (Phi) is 3.93. The second-order valence-corrected chi connectivity index (χ2v) is 4.13. The summed E-state index contributed by atoms with van der Waals surface area (Å²) in [6, 6.07) is 3.54. The largest absolute Gasteiger partial charge is 0.478 e. The Morgan fingerprint density at radius 2 is 2.28 bits per heavy atom. The standard InChI is InChI=1S/C11H11BrN4O2/c1-2-18-8-4-3-7(5-13-8)16-10-9(12)11(17)15-6-14-10/h3-6H,2H2,1H3,(H2,14,15,16,17). The van der Waals surface area contributed by atoms with Crippen molar-refractivity contribution in [3.63, 3.8) is 0 Å². The minimum atomic E-state index is -0.244. The maximum Gasteiger partial charge on any atom is 0.267 e. The maximum atomic E-state index is 11.4. The van der Waals surface area contributed by atoms with E-state index in [1.165, 1.54) is 6.33 Å². The first-order valence-corrected chi connectivity index (χ1v) is 6.09. The summed E-state index contributed by atoms with van der Waals surface area (Å²) in [4.78, 5) is 21.9. The summed E-state index contributed by atoms with van der Waals surface area (Å²) in [5.41, 5.74) is 0.476. The number of halogens is 1. The number of nitrogens with zero attached hydrogens (tertiary/aromatic N) is 2. The molecule has 2 rings (SSSR count). The van der Waals surface area contributed by atoms with E-state index in [-0.39, 0.29) is 5.56 Å². The molecule has 0 saturated heterocycles. The molecule has 0 spiro atoms.